The fourth-order valence-corrected chi connectivity index (χ4v) is 6.00. The number of halogens is 1. The standard InChI is InChI=1S/C27H41N.ClH/c1-26(2)19-25(20-27(3,4)21-26)24-14-12-23(13-15-24)11-8-17-28-18-16-22-9-6-5-7-10-22;/h12-15,22,25,28H,5-7,9-10,16-21H2,1-4H3;1H. The van der Waals surface area contributed by atoms with Gasteiger partial charge in [-0.3, -0.25) is 0 Å². The summed E-state index contributed by atoms with van der Waals surface area (Å²) >= 11 is 0. The van der Waals surface area contributed by atoms with E-state index in [1.807, 2.05) is 0 Å². The molecular formula is C27H42ClN. The molecule has 0 atom stereocenters. The molecule has 2 aliphatic rings. The molecule has 0 unspecified atom stereocenters. The summed E-state index contributed by atoms with van der Waals surface area (Å²) in [6, 6.07) is 9.09. The Morgan fingerprint density at radius 3 is 2.17 bits per heavy atom. The Morgan fingerprint density at radius 1 is 0.931 bits per heavy atom. The third-order valence-corrected chi connectivity index (χ3v) is 6.84. The van der Waals surface area contributed by atoms with Crippen LogP contribution in [0.3, 0.4) is 0 Å². The molecule has 1 nitrogen and oxygen atoms in total. The molecule has 0 aliphatic heterocycles. The van der Waals surface area contributed by atoms with E-state index in [4.69, 9.17) is 0 Å². The Morgan fingerprint density at radius 2 is 1.55 bits per heavy atom. The number of hydrogen-bond acceptors (Lipinski definition) is 1. The predicted octanol–water partition coefficient (Wildman–Crippen LogP) is 7.34. The van der Waals surface area contributed by atoms with Gasteiger partial charge in [0.1, 0.15) is 0 Å². The van der Waals surface area contributed by atoms with Gasteiger partial charge in [0.25, 0.3) is 0 Å². The van der Waals surface area contributed by atoms with E-state index in [2.05, 4.69) is 69.1 Å². The predicted molar refractivity (Wildman–Crippen MR) is 129 cm³/mol. The lowest BCUT2D eigenvalue weighted by Gasteiger charge is -2.45. The lowest BCUT2D eigenvalue weighted by Crippen LogP contribution is -2.32. The Hall–Kier alpha value is -0.970. The van der Waals surface area contributed by atoms with Gasteiger partial charge in [-0.15, -0.1) is 12.4 Å². The molecule has 1 N–H and O–H groups in total. The average Bonchev–Trinajstić information content (AvgIpc) is 2.63. The van der Waals surface area contributed by atoms with Gasteiger partial charge in [-0.25, -0.2) is 0 Å². The Bertz CT molecular complexity index is 655. The maximum absolute atomic E-state index is 3.51. The molecule has 162 valence electrons. The molecular weight excluding hydrogens is 374 g/mol. The number of rotatable bonds is 5. The van der Waals surface area contributed by atoms with Crippen LogP contribution < -0.4 is 5.32 Å². The minimum Gasteiger partial charge on any atom is -0.306 e. The van der Waals surface area contributed by atoms with Crippen molar-refractivity contribution in [1.29, 1.82) is 0 Å². The van der Waals surface area contributed by atoms with Gasteiger partial charge >= 0.3 is 0 Å². The number of hydrogen-bond donors (Lipinski definition) is 1. The summed E-state index contributed by atoms with van der Waals surface area (Å²) in [5, 5.41) is 3.51. The molecule has 2 fully saturated rings. The van der Waals surface area contributed by atoms with Gasteiger partial charge in [0.05, 0.1) is 6.54 Å². The second-order valence-corrected chi connectivity index (χ2v) is 11.0. The van der Waals surface area contributed by atoms with Crippen molar-refractivity contribution in [3.8, 4) is 11.8 Å². The molecule has 1 aromatic carbocycles. The van der Waals surface area contributed by atoms with Gasteiger partial charge in [-0.05, 0) is 72.6 Å². The molecule has 0 heterocycles. The van der Waals surface area contributed by atoms with Crippen LogP contribution in [0.5, 0.6) is 0 Å². The van der Waals surface area contributed by atoms with Gasteiger partial charge in [0.2, 0.25) is 0 Å². The quantitative estimate of drug-likeness (QED) is 0.391. The first kappa shape index (κ1) is 24.3. The normalized spacial score (nSPS) is 21.7. The maximum atomic E-state index is 3.51. The minimum atomic E-state index is 0. The molecule has 0 amide bonds. The van der Waals surface area contributed by atoms with Gasteiger partial charge in [0.15, 0.2) is 0 Å². The van der Waals surface area contributed by atoms with Gasteiger partial charge < -0.3 is 5.32 Å². The molecule has 1 aromatic rings. The summed E-state index contributed by atoms with van der Waals surface area (Å²) in [5.41, 5.74) is 3.52. The van der Waals surface area contributed by atoms with Crippen molar-refractivity contribution in [3.63, 3.8) is 0 Å². The molecule has 0 spiro atoms. The van der Waals surface area contributed by atoms with E-state index in [0.29, 0.717) is 16.7 Å². The average molecular weight is 416 g/mol. The van der Waals surface area contributed by atoms with E-state index < -0.39 is 0 Å². The summed E-state index contributed by atoms with van der Waals surface area (Å²) in [6.45, 7) is 11.7. The molecule has 2 aliphatic carbocycles. The van der Waals surface area contributed by atoms with Crippen molar-refractivity contribution >= 4 is 12.4 Å². The Balaban J connectivity index is 0.00000300. The van der Waals surface area contributed by atoms with Crippen LogP contribution >= 0.6 is 12.4 Å². The first-order valence-corrected chi connectivity index (χ1v) is 11.6. The topological polar surface area (TPSA) is 12.0 Å². The molecule has 0 aromatic heterocycles. The van der Waals surface area contributed by atoms with Crippen LogP contribution in [-0.2, 0) is 0 Å². The first-order chi connectivity index (χ1) is 13.3. The minimum absolute atomic E-state index is 0. The Kier molecular flexibility index (Phi) is 9.12. The van der Waals surface area contributed by atoms with Gasteiger partial charge in [-0.1, -0.05) is 83.8 Å². The van der Waals surface area contributed by atoms with Crippen LogP contribution in [0, 0.1) is 28.6 Å². The lowest BCUT2D eigenvalue weighted by molar-refractivity contribution is 0.0969. The highest BCUT2D eigenvalue weighted by molar-refractivity contribution is 5.85. The summed E-state index contributed by atoms with van der Waals surface area (Å²) in [4.78, 5) is 0. The molecule has 2 heteroatoms. The highest BCUT2D eigenvalue weighted by Crippen LogP contribution is 2.51. The number of benzene rings is 1. The van der Waals surface area contributed by atoms with Crippen molar-refractivity contribution < 1.29 is 0 Å². The monoisotopic (exact) mass is 415 g/mol. The van der Waals surface area contributed by atoms with Crippen LogP contribution in [0.1, 0.15) is 103 Å². The van der Waals surface area contributed by atoms with Crippen LogP contribution in [-0.4, -0.2) is 13.1 Å². The van der Waals surface area contributed by atoms with Crippen LogP contribution in [0.2, 0.25) is 0 Å². The highest BCUT2D eigenvalue weighted by atomic mass is 35.5. The zero-order valence-electron chi connectivity index (χ0n) is 19.2. The van der Waals surface area contributed by atoms with Crippen molar-refractivity contribution in [2.75, 3.05) is 13.1 Å². The van der Waals surface area contributed by atoms with Gasteiger partial charge in [0, 0.05) is 5.56 Å². The van der Waals surface area contributed by atoms with Crippen LogP contribution in [0.4, 0.5) is 0 Å². The fraction of sp³-hybridized carbons (Fsp3) is 0.704. The molecule has 2 saturated carbocycles. The summed E-state index contributed by atoms with van der Waals surface area (Å²) in [5.74, 6) is 8.27. The van der Waals surface area contributed by atoms with Crippen molar-refractivity contribution in [2.45, 2.75) is 91.4 Å². The van der Waals surface area contributed by atoms with E-state index in [1.165, 1.54) is 63.4 Å². The smallest absolute Gasteiger partial charge is 0.0580 e. The fourth-order valence-electron chi connectivity index (χ4n) is 6.00. The van der Waals surface area contributed by atoms with Crippen LogP contribution in [0.15, 0.2) is 24.3 Å². The van der Waals surface area contributed by atoms with E-state index in [1.54, 1.807) is 0 Å². The summed E-state index contributed by atoms with van der Waals surface area (Å²) < 4.78 is 0. The van der Waals surface area contributed by atoms with Crippen molar-refractivity contribution in [3.05, 3.63) is 35.4 Å². The highest BCUT2D eigenvalue weighted by Gasteiger charge is 2.38. The summed E-state index contributed by atoms with van der Waals surface area (Å²) in [6.07, 6.45) is 12.5. The van der Waals surface area contributed by atoms with E-state index in [-0.39, 0.29) is 12.4 Å². The van der Waals surface area contributed by atoms with E-state index >= 15 is 0 Å². The van der Waals surface area contributed by atoms with E-state index in [9.17, 15) is 0 Å². The van der Waals surface area contributed by atoms with Crippen molar-refractivity contribution in [1.82, 2.24) is 5.32 Å². The molecule has 3 rings (SSSR count). The summed E-state index contributed by atoms with van der Waals surface area (Å²) in [7, 11) is 0. The Labute approximate surface area is 186 Å². The number of nitrogens with one attached hydrogen (secondary N) is 1. The second-order valence-electron chi connectivity index (χ2n) is 11.0. The van der Waals surface area contributed by atoms with Crippen molar-refractivity contribution in [2.24, 2.45) is 16.7 Å². The lowest BCUT2D eigenvalue weighted by atomic mass is 9.60. The van der Waals surface area contributed by atoms with E-state index in [0.717, 1.165) is 24.6 Å². The molecule has 0 radical (unpaired) electrons. The molecule has 29 heavy (non-hydrogen) atoms. The second kappa shape index (κ2) is 10.9. The molecule has 0 bridgehead atoms. The van der Waals surface area contributed by atoms with Crippen LogP contribution in [0.25, 0.3) is 0 Å². The SMILES string of the molecule is CC1(C)CC(c2ccc(C#CCNCCC3CCCCC3)cc2)CC(C)(C)C1.Cl. The zero-order chi connectivity index (χ0) is 20.0. The third-order valence-electron chi connectivity index (χ3n) is 6.84. The molecule has 0 saturated heterocycles. The zero-order valence-corrected chi connectivity index (χ0v) is 20.0. The first-order valence-electron chi connectivity index (χ1n) is 11.6. The largest absolute Gasteiger partial charge is 0.306 e. The van der Waals surface area contributed by atoms with Gasteiger partial charge in [-0.2, -0.15) is 0 Å². The third kappa shape index (κ3) is 7.99. The maximum Gasteiger partial charge on any atom is 0.0580 e.